The van der Waals surface area contributed by atoms with Gasteiger partial charge in [0.05, 0.1) is 13.7 Å². The van der Waals surface area contributed by atoms with Crippen LogP contribution in [0.2, 0.25) is 0 Å². The summed E-state index contributed by atoms with van der Waals surface area (Å²) in [5, 5.41) is 0. The van der Waals surface area contributed by atoms with Crippen LogP contribution in [0.4, 0.5) is 0 Å². The number of rotatable bonds is 4. The molecule has 0 amide bonds. The molecule has 0 saturated carbocycles. The first-order valence-electron chi connectivity index (χ1n) is 7.38. The number of esters is 1. The summed E-state index contributed by atoms with van der Waals surface area (Å²) in [5.41, 5.74) is 1.11. The summed E-state index contributed by atoms with van der Waals surface area (Å²) in [6.07, 6.45) is 2.18. The van der Waals surface area contributed by atoms with Gasteiger partial charge in [-0.2, -0.15) is 0 Å². The number of benzene rings is 1. The van der Waals surface area contributed by atoms with E-state index in [1.165, 1.54) is 35.0 Å². The Morgan fingerprint density at radius 2 is 2.22 bits per heavy atom. The normalized spacial score (nSPS) is 17.4. The van der Waals surface area contributed by atoms with Gasteiger partial charge in [-0.3, -0.25) is 9.69 Å². The number of nitrogens with one attached hydrogen (secondary N) is 1. The maximum absolute atomic E-state index is 12.3. The average molecular weight is 332 g/mol. The first kappa shape index (κ1) is 15.6. The molecule has 1 atom stereocenters. The number of fused-ring (bicyclic) bond motifs is 1. The van der Waals surface area contributed by atoms with E-state index in [1.54, 1.807) is 4.57 Å². The van der Waals surface area contributed by atoms with Crippen molar-refractivity contribution >= 4 is 23.4 Å². The Balaban J connectivity index is 1.75. The van der Waals surface area contributed by atoms with Crippen LogP contribution in [0.1, 0.15) is 5.56 Å². The first-order valence-corrected chi connectivity index (χ1v) is 8.20. The average Bonchev–Trinajstić information content (AvgIpc) is 2.89. The lowest BCUT2D eigenvalue weighted by atomic mass is 10.1. The van der Waals surface area contributed by atoms with E-state index in [1.807, 2.05) is 18.2 Å². The molecule has 0 aliphatic carbocycles. The molecule has 1 aliphatic heterocycles. The third-order valence-electron chi connectivity index (χ3n) is 3.77. The van der Waals surface area contributed by atoms with E-state index in [-0.39, 0.29) is 5.56 Å². The Hall–Kier alpha value is -2.25. The minimum atomic E-state index is -0.519. The fourth-order valence-electron chi connectivity index (χ4n) is 2.51. The van der Waals surface area contributed by atoms with E-state index >= 15 is 0 Å². The summed E-state index contributed by atoms with van der Waals surface area (Å²) in [4.78, 5) is 30.0. The largest absolute Gasteiger partial charge is 0.466 e. The predicted octanol–water partition coefficient (Wildman–Crippen LogP) is -1.46. The van der Waals surface area contributed by atoms with E-state index in [2.05, 4.69) is 21.9 Å². The molecular weight excluding hydrogens is 314 g/mol. The fraction of sp³-hybridized carbons (Fsp3) is 0.312. The van der Waals surface area contributed by atoms with Crippen molar-refractivity contribution in [2.24, 2.45) is 4.99 Å². The number of hydrogen-bond donors (Lipinski definition) is 1. The molecule has 0 fully saturated rings. The van der Waals surface area contributed by atoms with E-state index in [0.29, 0.717) is 22.7 Å². The van der Waals surface area contributed by atoms with E-state index in [9.17, 15) is 9.59 Å². The second-order valence-corrected chi connectivity index (χ2v) is 6.37. The number of nitrogens with zero attached hydrogens (tertiary/aromatic N) is 2. The highest BCUT2D eigenvalue weighted by molar-refractivity contribution is 7.07. The van der Waals surface area contributed by atoms with Gasteiger partial charge in [-0.25, -0.2) is 14.4 Å². The summed E-state index contributed by atoms with van der Waals surface area (Å²) >= 11 is 1.24. The molecule has 0 spiro atoms. The van der Waals surface area contributed by atoms with E-state index in [4.69, 9.17) is 0 Å². The quantitative estimate of drug-likeness (QED) is 0.696. The summed E-state index contributed by atoms with van der Waals surface area (Å²) < 4.78 is 6.60. The van der Waals surface area contributed by atoms with Gasteiger partial charge >= 0.3 is 5.97 Å². The van der Waals surface area contributed by atoms with Crippen LogP contribution >= 0.6 is 11.3 Å². The van der Waals surface area contributed by atoms with E-state index < -0.39 is 5.97 Å². The van der Waals surface area contributed by atoms with E-state index in [0.717, 1.165) is 13.0 Å². The second kappa shape index (κ2) is 6.89. The molecule has 1 N–H and O–H groups in total. The smallest absolute Gasteiger partial charge is 0.332 e. The molecule has 0 radical (unpaired) electrons. The number of aromatic nitrogens is 1. The van der Waals surface area contributed by atoms with Gasteiger partial charge in [-0.05, 0) is 5.56 Å². The number of hydrogen-bond acceptors (Lipinski definition) is 5. The standard InChI is InChI=1S/C16H17N3O3S/c1-22-14(20)9-13-15(21)19-11-18(10-17-16(19)23-13)8-7-12-5-3-2-4-6-12/h2-6,9H,7-8,10-11H2,1H3/p+1/b13-9-. The third-order valence-corrected chi connectivity index (χ3v) is 4.81. The Morgan fingerprint density at radius 3 is 2.96 bits per heavy atom. The summed E-state index contributed by atoms with van der Waals surface area (Å²) in [6, 6.07) is 10.3. The van der Waals surface area contributed by atoms with Crippen LogP contribution in [0, 0.1) is 0 Å². The summed E-state index contributed by atoms with van der Waals surface area (Å²) in [7, 11) is 1.30. The zero-order chi connectivity index (χ0) is 16.2. The number of ether oxygens (including phenoxy) is 1. The zero-order valence-electron chi connectivity index (χ0n) is 12.8. The van der Waals surface area contributed by atoms with Crippen LogP contribution in [0.3, 0.4) is 0 Å². The van der Waals surface area contributed by atoms with Crippen LogP contribution in [-0.2, 0) is 22.6 Å². The highest BCUT2D eigenvalue weighted by Gasteiger charge is 2.18. The van der Waals surface area contributed by atoms with Gasteiger partial charge in [0, 0.05) is 12.5 Å². The number of carbonyl (C=O) groups excluding carboxylic acids is 1. The maximum Gasteiger partial charge on any atom is 0.332 e. The maximum atomic E-state index is 12.3. The molecule has 2 heterocycles. The van der Waals surface area contributed by atoms with Gasteiger partial charge in [0.2, 0.25) is 0 Å². The van der Waals surface area contributed by atoms with Crippen LogP contribution in [0.15, 0.2) is 40.1 Å². The Bertz CT molecular complexity index is 870. The van der Waals surface area contributed by atoms with Crippen molar-refractivity contribution < 1.29 is 14.4 Å². The summed E-state index contributed by atoms with van der Waals surface area (Å²) in [6.45, 7) is 2.13. The van der Waals surface area contributed by atoms with Crippen LogP contribution in [0.25, 0.3) is 6.08 Å². The van der Waals surface area contributed by atoms with Crippen molar-refractivity contribution in [3.05, 3.63) is 55.6 Å². The Kier molecular flexibility index (Phi) is 4.68. The minimum absolute atomic E-state index is 0.170. The molecule has 23 heavy (non-hydrogen) atoms. The second-order valence-electron chi connectivity index (χ2n) is 5.36. The molecule has 1 aromatic heterocycles. The van der Waals surface area contributed by atoms with Gasteiger partial charge in [-0.15, -0.1) is 0 Å². The van der Waals surface area contributed by atoms with Crippen molar-refractivity contribution in [2.45, 2.75) is 13.1 Å². The van der Waals surface area contributed by atoms with Gasteiger partial charge in [-0.1, -0.05) is 41.7 Å². The predicted molar refractivity (Wildman–Crippen MR) is 86.7 cm³/mol. The molecule has 1 aromatic carbocycles. The number of thiazole rings is 1. The third kappa shape index (κ3) is 3.57. The molecule has 120 valence electrons. The Morgan fingerprint density at radius 1 is 1.43 bits per heavy atom. The van der Waals surface area contributed by atoms with Crippen molar-refractivity contribution in [1.29, 1.82) is 0 Å². The Labute approximate surface area is 137 Å². The number of quaternary nitrogens is 1. The summed E-state index contributed by atoms with van der Waals surface area (Å²) in [5.74, 6) is -0.519. The highest BCUT2D eigenvalue weighted by Crippen LogP contribution is 1.97. The lowest BCUT2D eigenvalue weighted by Gasteiger charge is -2.20. The topological polar surface area (TPSA) is 65.1 Å². The number of carbonyl (C=O) groups is 1. The molecule has 7 heteroatoms. The van der Waals surface area contributed by atoms with Crippen molar-refractivity contribution in [3.8, 4) is 0 Å². The first-order chi connectivity index (χ1) is 11.2. The molecule has 2 aromatic rings. The van der Waals surface area contributed by atoms with Gasteiger partial charge in [0.15, 0.2) is 18.1 Å². The van der Waals surface area contributed by atoms with Gasteiger partial charge in [0.25, 0.3) is 5.56 Å². The van der Waals surface area contributed by atoms with Crippen molar-refractivity contribution in [3.63, 3.8) is 0 Å². The molecule has 0 saturated heterocycles. The molecular formula is C16H18N3O3S+. The molecule has 1 aliphatic rings. The number of methoxy groups -OCH3 is 1. The van der Waals surface area contributed by atoms with Crippen LogP contribution in [0.5, 0.6) is 0 Å². The van der Waals surface area contributed by atoms with Crippen molar-refractivity contribution in [2.75, 3.05) is 20.3 Å². The lowest BCUT2D eigenvalue weighted by molar-refractivity contribution is -0.924. The van der Waals surface area contributed by atoms with Gasteiger partial charge < -0.3 is 4.74 Å². The lowest BCUT2D eigenvalue weighted by Crippen LogP contribution is -3.12. The molecule has 6 nitrogen and oxygen atoms in total. The molecule has 0 bridgehead atoms. The fourth-order valence-corrected chi connectivity index (χ4v) is 3.44. The zero-order valence-corrected chi connectivity index (χ0v) is 13.6. The van der Waals surface area contributed by atoms with Gasteiger partial charge in [0.1, 0.15) is 4.53 Å². The molecule has 1 unspecified atom stereocenters. The van der Waals surface area contributed by atoms with Crippen LogP contribution in [-0.4, -0.2) is 30.9 Å². The van der Waals surface area contributed by atoms with Crippen molar-refractivity contribution in [1.82, 2.24) is 4.57 Å². The SMILES string of the molecule is COC(=O)/C=c1\sc2n(c1=O)C[NH+](CCc1ccccc1)CN=2. The minimum Gasteiger partial charge on any atom is -0.466 e. The molecule has 3 rings (SSSR count). The van der Waals surface area contributed by atoms with Crippen LogP contribution < -0.4 is 19.8 Å². The highest BCUT2D eigenvalue weighted by atomic mass is 32.1. The monoisotopic (exact) mass is 332 g/mol.